The van der Waals surface area contributed by atoms with Gasteiger partial charge >= 0.3 is 0 Å². The molecule has 0 aliphatic heterocycles. The Labute approximate surface area is 283 Å². The Morgan fingerprint density at radius 2 is 0.511 bits per heavy atom. The Balaban J connectivity index is 1.71. The second kappa shape index (κ2) is 29.0. The van der Waals surface area contributed by atoms with Crippen LogP contribution in [0.25, 0.3) is 0 Å². The van der Waals surface area contributed by atoms with Crippen LogP contribution in [0.5, 0.6) is 0 Å². The first kappa shape index (κ1) is 40.0. The molecule has 0 aliphatic carbocycles. The summed E-state index contributed by atoms with van der Waals surface area (Å²) in [6.07, 6.45) is 43.1. The number of hydrogen-bond acceptors (Lipinski definition) is 0. The Morgan fingerprint density at radius 3 is 0.756 bits per heavy atom. The molecular weight excluding hydrogens is 559 g/mol. The highest BCUT2D eigenvalue weighted by molar-refractivity contribution is 7.89. The predicted molar refractivity (Wildman–Crippen MR) is 209 cm³/mol. The Hall–Kier alpha value is -1.13. The van der Waals surface area contributed by atoms with Gasteiger partial charge in [-0.05, 0) is 49.9 Å². The highest BCUT2D eigenvalue weighted by Crippen LogP contribution is 2.57. The molecule has 2 rings (SSSR count). The van der Waals surface area contributed by atoms with E-state index in [4.69, 9.17) is 0 Å². The van der Waals surface area contributed by atoms with E-state index in [1.165, 1.54) is 192 Å². The first-order chi connectivity index (χ1) is 22.3. The minimum atomic E-state index is -1.37. The summed E-state index contributed by atoms with van der Waals surface area (Å²) in [6.45, 7) is 4.62. The standard InChI is InChI=1S/C44H76P/c1-3-5-7-9-11-13-15-17-19-21-23-25-27-35-41-45(43-37-31-29-32-38-43,44-39-33-30-34-40-44)42-36-28-26-24-22-20-18-16-14-12-10-8-6-4-2/h29-34,37-40H,3-28,35-36,41-42H2,1-2H3/q+1. The van der Waals surface area contributed by atoms with Crippen molar-refractivity contribution in [3.05, 3.63) is 60.7 Å². The van der Waals surface area contributed by atoms with Crippen molar-refractivity contribution >= 4 is 17.9 Å². The molecule has 0 saturated heterocycles. The minimum absolute atomic E-state index is 1.36. The van der Waals surface area contributed by atoms with Gasteiger partial charge in [-0.3, -0.25) is 0 Å². The Kier molecular flexibility index (Phi) is 25.8. The molecule has 0 radical (unpaired) electrons. The lowest BCUT2D eigenvalue weighted by molar-refractivity contribution is 0.538. The number of benzene rings is 2. The van der Waals surface area contributed by atoms with E-state index >= 15 is 0 Å². The molecule has 0 heterocycles. The smallest absolute Gasteiger partial charge is 0.0654 e. The second-order valence-corrected chi connectivity index (χ2v) is 18.1. The van der Waals surface area contributed by atoms with Gasteiger partial charge < -0.3 is 0 Å². The SMILES string of the molecule is CCCCCCCCCCCCCCCC[P+](CCCCCCCCCCCCCCCC)(c1ccccc1)c1ccccc1. The lowest BCUT2D eigenvalue weighted by Gasteiger charge is -2.28. The molecule has 0 amide bonds. The zero-order valence-electron chi connectivity index (χ0n) is 30.4. The van der Waals surface area contributed by atoms with E-state index in [2.05, 4.69) is 74.5 Å². The largest absolute Gasteiger partial charge is 0.0991 e. The van der Waals surface area contributed by atoms with Gasteiger partial charge in [0, 0.05) is 0 Å². The van der Waals surface area contributed by atoms with Crippen molar-refractivity contribution in [2.24, 2.45) is 0 Å². The average molecular weight is 636 g/mol. The van der Waals surface area contributed by atoms with Gasteiger partial charge in [-0.25, -0.2) is 0 Å². The van der Waals surface area contributed by atoms with Crippen LogP contribution in [0.1, 0.15) is 194 Å². The summed E-state index contributed by atoms with van der Waals surface area (Å²) in [5.74, 6) is 0. The van der Waals surface area contributed by atoms with Crippen molar-refractivity contribution in [3.8, 4) is 0 Å². The van der Waals surface area contributed by atoms with Gasteiger partial charge in [-0.15, -0.1) is 0 Å². The lowest BCUT2D eigenvalue weighted by Crippen LogP contribution is -2.27. The third kappa shape index (κ3) is 19.3. The predicted octanol–water partition coefficient (Wildman–Crippen LogP) is 14.6. The molecule has 256 valence electrons. The van der Waals surface area contributed by atoms with E-state index in [0.717, 1.165) is 0 Å². The molecule has 45 heavy (non-hydrogen) atoms. The molecule has 0 atom stereocenters. The topological polar surface area (TPSA) is 0 Å². The van der Waals surface area contributed by atoms with Gasteiger partial charge in [0.2, 0.25) is 0 Å². The highest BCUT2D eigenvalue weighted by Gasteiger charge is 2.41. The zero-order valence-corrected chi connectivity index (χ0v) is 31.3. The third-order valence-corrected chi connectivity index (χ3v) is 15.0. The normalized spacial score (nSPS) is 11.8. The van der Waals surface area contributed by atoms with Crippen LogP contribution < -0.4 is 10.6 Å². The molecule has 0 unspecified atom stereocenters. The van der Waals surface area contributed by atoms with Crippen LogP contribution >= 0.6 is 7.26 Å². The summed E-state index contributed by atoms with van der Waals surface area (Å²) in [7, 11) is -1.37. The third-order valence-electron chi connectivity index (χ3n) is 10.3. The average Bonchev–Trinajstić information content (AvgIpc) is 3.08. The number of hydrogen-bond donors (Lipinski definition) is 0. The van der Waals surface area contributed by atoms with Crippen molar-refractivity contribution in [2.45, 2.75) is 194 Å². The number of rotatable bonds is 32. The molecule has 0 aromatic heterocycles. The monoisotopic (exact) mass is 636 g/mol. The summed E-state index contributed by atoms with van der Waals surface area (Å²) in [4.78, 5) is 0. The molecule has 2 aromatic rings. The van der Waals surface area contributed by atoms with Gasteiger partial charge in [0.1, 0.15) is 0 Å². The first-order valence-corrected chi connectivity index (χ1v) is 22.5. The van der Waals surface area contributed by atoms with E-state index in [0.29, 0.717) is 0 Å². The van der Waals surface area contributed by atoms with E-state index in [1.54, 1.807) is 10.6 Å². The van der Waals surface area contributed by atoms with Crippen LogP contribution in [-0.4, -0.2) is 12.3 Å². The van der Waals surface area contributed by atoms with Gasteiger partial charge in [0.05, 0.1) is 30.2 Å². The molecule has 0 bridgehead atoms. The van der Waals surface area contributed by atoms with E-state index in [-0.39, 0.29) is 0 Å². The van der Waals surface area contributed by atoms with Crippen LogP contribution in [0.15, 0.2) is 60.7 Å². The van der Waals surface area contributed by atoms with Gasteiger partial charge in [0.25, 0.3) is 0 Å². The molecule has 0 aliphatic rings. The van der Waals surface area contributed by atoms with Gasteiger partial charge in [-0.1, -0.05) is 204 Å². The molecule has 0 fully saturated rings. The lowest BCUT2D eigenvalue weighted by atomic mass is 10.0. The van der Waals surface area contributed by atoms with Crippen molar-refractivity contribution in [2.75, 3.05) is 12.3 Å². The van der Waals surface area contributed by atoms with E-state index in [9.17, 15) is 0 Å². The van der Waals surface area contributed by atoms with Crippen LogP contribution in [0.2, 0.25) is 0 Å². The summed E-state index contributed by atoms with van der Waals surface area (Å²) in [5.41, 5.74) is 0. The molecular formula is C44H76P+. The Bertz CT molecular complexity index is 786. The maximum atomic E-state index is 2.47. The summed E-state index contributed by atoms with van der Waals surface area (Å²) in [6, 6.07) is 23.5. The highest BCUT2D eigenvalue weighted by atomic mass is 31.2. The van der Waals surface area contributed by atoms with Crippen molar-refractivity contribution in [1.82, 2.24) is 0 Å². The fraction of sp³-hybridized carbons (Fsp3) is 0.727. The minimum Gasteiger partial charge on any atom is -0.0654 e. The summed E-state index contributed by atoms with van der Waals surface area (Å²) >= 11 is 0. The summed E-state index contributed by atoms with van der Waals surface area (Å²) < 4.78 is 0. The molecule has 0 N–H and O–H groups in total. The van der Waals surface area contributed by atoms with Crippen LogP contribution in [-0.2, 0) is 0 Å². The molecule has 2 aromatic carbocycles. The van der Waals surface area contributed by atoms with Crippen molar-refractivity contribution in [3.63, 3.8) is 0 Å². The van der Waals surface area contributed by atoms with Gasteiger partial charge in [-0.2, -0.15) is 0 Å². The fourth-order valence-corrected chi connectivity index (χ4v) is 11.9. The first-order valence-electron chi connectivity index (χ1n) is 20.3. The molecule has 0 nitrogen and oxygen atoms in total. The van der Waals surface area contributed by atoms with Crippen molar-refractivity contribution < 1.29 is 0 Å². The van der Waals surface area contributed by atoms with E-state index in [1.807, 2.05) is 0 Å². The maximum absolute atomic E-state index is 2.47. The van der Waals surface area contributed by atoms with Gasteiger partial charge in [0.15, 0.2) is 0 Å². The van der Waals surface area contributed by atoms with Crippen LogP contribution in [0, 0.1) is 0 Å². The maximum Gasteiger partial charge on any atom is 0.0991 e. The molecule has 0 spiro atoms. The molecule has 1 heteroatoms. The number of unbranched alkanes of at least 4 members (excludes halogenated alkanes) is 26. The zero-order chi connectivity index (χ0) is 31.9. The molecule has 0 saturated carbocycles. The van der Waals surface area contributed by atoms with Crippen molar-refractivity contribution in [1.29, 1.82) is 0 Å². The van der Waals surface area contributed by atoms with Crippen LogP contribution in [0.4, 0.5) is 0 Å². The fourth-order valence-electron chi connectivity index (χ4n) is 7.36. The van der Waals surface area contributed by atoms with E-state index < -0.39 is 7.26 Å². The van der Waals surface area contributed by atoms with Crippen LogP contribution in [0.3, 0.4) is 0 Å². The summed E-state index contributed by atoms with van der Waals surface area (Å²) in [5, 5.41) is 3.31. The Morgan fingerprint density at radius 1 is 0.289 bits per heavy atom. The quantitative estimate of drug-likeness (QED) is 0.0554. The second-order valence-electron chi connectivity index (χ2n) is 14.3.